The van der Waals surface area contributed by atoms with Gasteiger partial charge >= 0.3 is 7.48 Å². The van der Waals surface area contributed by atoms with Crippen LogP contribution in [0.3, 0.4) is 0 Å². The first-order valence-electron chi connectivity index (χ1n) is 9.12. The summed E-state index contributed by atoms with van der Waals surface area (Å²) in [5.74, 6) is 0. The Bertz CT molecular complexity index is 884. The van der Waals surface area contributed by atoms with Gasteiger partial charge in [0.2, 0.25) is 0 Å². The first-order chi connectivity index (χ1) is 12.8. The van der Waals surface area contributed by atoms with E-state index in [0.717, 1.165) is 16.7 Å². The Hall–Kier alpha value is -2.43. The molecule has 4 heteroatoms. The number of aliphatic hydroxyl groups is 1. The maximum absolute atomic E-state index is 10.2. The largest absolute Gasteiger partial charge is 0.427 e. The fraction of sp³-hybridized carbons (Fsp3) is 0.261. The highest BCUT2D eigenvalue weighted by Crippen LogP contribution is 2.25. The molecule has 3 aromatic rings. The predicted molar refractivity (Wildman–Crippen MR) is 112 cm³/mol. The number of benzene rings is 2. The van der Waals surface area contributed by atoms with E-state index in [1.807, 2.05) is 50.2 Å². The SMILES string of the molecule is CC(C)(O)C(C)(C)O[B]c1ccc(-c2cccc(-c3ccccc3)c2)nc1. The van der Waals surface area contributed by atoms with Crippen molar-refractivity contribution in [2.24, 2.45) is 0 Å². The van der Waals surface area contributed by atoms with Crippen molar-refractivity contribution in [2.45, 2.75) is 38.9 Å². The number of rotatable bonds is 6. The first kappa shape index (κ1) is 19.3. The molecule has 0 unspecified atom stereocenters. The van der Waals surface area contributed by atoms with Crippen molar-refractivity contribution < 1.29 is 9.76 Å². The highest BCUT2D eigenvalue weighted by Gasteiger charge is 2.35. The summed E-state index contributed by atoms with van der Waals surface area (Å²) in [6.07, 6.45) is 1.78. The van der Waals surface area contributed by atoms with Crippen LogP contribution >= 0.6 is 0 Å². The van der Waals surface area contributed by atoms with Crippen LogP contribution in [0.5, 0.6) is 0 Å². The summed E-state index contributed by atoms with van der Waals surface area (Å²) in [6, 6.07) is 22.6. The van der Waals surface area contributed by atoms with E-state index in [9.17, 15) is 5.11 Å². The average molecular weight is 358 g/mol. The van der Waals surface area contributed by atoms with Crippen molar-refractivity contribution in [3.63, 3.8) is 0 Å². The second-order valence-electron chi connectivity index (χ2n) is 7.73. The summed E-state index contributed by atoms with van der Waals surface area (Å²) in [5, 5.41) is 10.2. The molecule has 3 nitrogen and oxygen atoms in total. The maximum Gasteiger partial charge on any atom is 0.332 e. The van der Waals surface area contributed by atoms with Gasteiger partial charge < -0.3 is 9.76 Å². The molecule has 27 heavy (non-hydrogen) atoms. The van der Waals surface area contributed by atoms with Crippen LogP contribution in [0.25, 0.3) is 22.4 Å². The van der Waals surface area contributed by atoms with Crippen molar-refractivity contribution in [2.75, 3.05) is 0 Å². The zero-order chi connectivity index (χ0) is 19.5. The lowest BCUT2D eigenvalue weighted by Crippen LogP contribution is -2.49. The van der Waals surface area contributed by atoms with Gasteiger partial charge in [0.1, 0.15) is 0 Å². The van der Waals surface area contributed by atoms with E-state index in [-0.39, 0.29) is 0 Å². The van der Waals surface area contributed by atoms with Crippen LogP contribution in [0.2, 0.25) is 0 Å². The summed E-state index contributed by atoms with van der Waals surface area (Å²) in [7, 11) is 1.65. The molecular formula is C23H25BNO2. The highest BCUT2D eigenvalue weighted by molar-refractivity contribution is 6.46. The minimum atomic E-state index is -0.950. The Labute approximate surface area is 162 Å². The molecule has 137 valence electrons. The maximum atomic E-state index is 10.2. The Balaban J connectivity index is 1.75. The molecule has 1 heterocycles. The summed E-state index contributed by atoms with van der Waals surface area (Å²) in [6.45, 7) is 7.20. The minimum Gasteiger partial charge on any atom is -0.427 e. The topological polar surface area (TPSA) is 42.4 Å². The number of aromatic nitrogens is 1. The van der Waals surface area contributed by atoms with Gasteiger partial charge in [-0.2, -0.15) is 0 Å². The normalized spacial score (nSPS) is 12.0. The van der Waals surface area contributed by atoms with Crippen LogP contribution in [-0.2, 0) is 4.65 Å². The number of hydrogen-bond acceptors (Lipinski definition) is 3. The van der Waals surface area contributed by atoms with E-state index >= 15 is 0 Å². The van der Waals surface area contributed by atoms with E-state index in [4.69, 9.17) is 4.65 Å². The lowest BCUT2D eigenvalue weighted by atomic mass is 9.83. The van der Waals surface area contributed by atoms with Crippen molar-refractivity contribution in [3.8, 4) is 22.4 Å². The van der Waals surface area contributed by atoms with E-state index in [0.29, 0.717) is 0 Å². The second kappa shape index (κ2) is 7.67. The average Bonchev–Trinajstić information content (AvgIpc) is 2.67. The molecule has 2 aromatic carbocycles. The molecular weight excluding hydrogens is 333 g/mol. The van der Waals surface area contributed by atoms with Gasteiger partial charge in [-0.15, -0.1) is 0 Å². The Morgan fingerprint density at radius 3 is 2.11 bits per heavy atom. The monoisotopic (exact) mass is 358 g/mol. The summed E-state index contributed by atoms with van der Waals surface area (Å²) in [4.78, 5) is 4.57. The third-order valence-corrected chi connectivity index (χ3v) is 5.01. The summed E-state index contributed by atoms with van der Waals surface area (Å²) >= 11 is 0. The van der Waals surface area contributed by atoms with Crippen molar-refractivity contribution in [1.29, 1.82) is 0 Å². The smallest absolute Gasteiger partial charge is 0.332 e. The molecule has 1 aromatic heterocycles. The van der Waals surface area contributed by atoms with Crippen LogP contribution in [-0.4, -0.2) is 28.8 Å². The van der Waals surface area contributed by atoms with Crippen LogP contribution in [0.1, 0.15) is 27.7 Å². The molecule has 0 aliphatic carbocycles. The van der Waals surface area contributed by atoms with Gasteiger partial charge in [0, 0.05) is 11.8 Å². The van der Waals surface area contributed by atoms with Crippen molar-refractivity contribution in [1.82, 2.24) is 4.98 Å². The number of nitrogens with zero attached hydrogens (tertiary/aromatic N) is 1. The lowest BCUT2D eigenvalue weighted by Gasteiger charge is -2.37. The van der Waals surface area contributed by atoms with E-state index in [1.54, 1.807) is 27.5 Å². The summed E-state index contributed by atoms with van der Waals surface area (Å²) < 4.78 is 5.79. The van der Waals surface area contributed by atoms with Gasteiger partial charge in [-0.05, 0) is 56.4 Å². The van der Waals surface area contributed by atoms with Crippen LogP contribution in [0.4, 0.5) is 0 Å². The Morgan fingerprint density at radius 2 is 1.48 bits per heavy atom. The van der Waals surface area contributed by atoms with Gasteiger partial charge in [0.05, 0.1) is 16.9 Å². The molecule has 1 N–H and O–H groups in total. The van der Waals surface area contributed by atoms with Gasteiger partial charge in [0.15, 0.2) is 0 Å². The number of hydrogen-bond donors (Lipinski definition) is 1. The zero-order valence-electron chi connectivity index (χ0n) is 16.3. The fourth-order valence-corrected chi connectivity index (χ4v) is 2.49. The lowest BCUT2D eigenvalue weighted by molar-refractivity contribution is -0.0893. The van der Waals surface area contributed by atoms with Crippen LogP contribution < -0.4 is 5.46 Å². The van der Waals surface area contributed by atoms with Crippen LogP contribution in [0.15, 0.2) is 72.9 Å². The number of pyridine rings is 1. The van der Waals surface area contributed by atoms with E-state index in [1.165, 1.54) is 11.1 Å². The molecule has 0 fully saturated rings. The van der Waals surface area contributed by atoms with Crippen molar-refractivity contribution in [3.05, 3.63) is 72.9 Å². The molecule has 0 atom stereocenters. The third-order valence-electron chi connectivity index (χ3n) is 5.01. The summed E-state index contributed by atoms with van der Waals surface area (Å²) in [5.41, 5.74) is 3.54. The molecule has 0 saturated heterocycles. The van der Waals surface area contributed by atoms with Gasteiger partial charge in [-0.25, -0.2) is 0 Å². The molecule has 0 spiro atoms. The molecule has 0 aliphatic heterocycles. The van der Waals surface area contributed by atoms with Crippen LogP contribution in [0, 0.1) is 0 Å². The Morgan fingerprint density at radius 1 is 0.815 bits per heavy atom. The Kier molecular flexibility index (Phi) is 5.49. The molecule has 0 aliphatic rings. The standard InChI is InChI=1S/C23H25BNO2/c1-22(2,26)23(3,4)27-24-20-13-14-21(25-16-20)19-12-8-11-18(15-19)17-9-6-5-7-10-17/h5-16,26H,1-4H3. The second-order valence-corrected chi connectivity index (χ2v) is 7.73. The zero-order valence-corrected chi connectivity index (χ0v) is 16.3. The van der Waals surface area contributed by atoms with E-state index < -0.39 is 11.2 Å². The minimum absolute atomic E-state index is 0.699. The predicted octanol–water partition coefficient (Wildman–Crippen LogP) is 4.23. The molecule has 1 radical (unpaired) electrons. The fourth-order valence-electron chi connectivity index (χ4n) is 2.49. The molecule has 0 bridgehead atoms. The first-order valence-corrected chi connectivity index (χ1v) is 9.12. The van der Waals surface area contributed by atoms with Gasteiger partial charge in [0.25, 0.3) is 0 Å². The third kappa shape index (κ3) is 4.65. The molecule has 3 rings (SSSR count). The molecule has 0 saturated carbocycles. The highest BCUT2D eigenvalue weighted by atomic mass is 16.5. The van der Waals surface area contributed by atoms with E-state index in [2.05, 4.69) is 35.3 Å². The van der Waals surface area contributed by atoms with Crippen molar-refractivity contribution >= 4 is 12.9 Å². The van der Waals surface area contributed by atoms with Gasteiger partial charge in [-0.3, -0.25) is 4.98 Å². The van der Waals surface area contributed by atoms with Gasteiger partial charge in [-0.1, -0.05) is 54.6 Å². The molecule has 0 amide bonds. The quantitative estimate of drug-likeness (QED) is 0.671.